The number of ketones is 1. The molecule has 2 rings (SSSR count). The van der Waals surface area contributed by atoms with E-state index in [-0.39, 0.29) is 5.78 Å². The van der Waals surface area contributed by atoms with Crippen molar-refractivity contribution >= 4 is 11.9 Å². The number of hydrogen-bond acceptors (Lipinski definition) is 1. The Balaban J connectivity index is 2.39. The zero-order chi connectivity index (χ0) is 9.26. The van der Waals surface area contributed by atoms with Crippen LogP contribution in [0.2, 0.25) is 0 Å². The van der Waals surface area contributed by atoms with Gasteiger partial charge in [-0.15, -0.1) is 0 Å². The van der Waals surface area contributed by atoms with Gasteiger partial charge >= 0.3 is 0 Å². The Bertz CT molecular complexity index is 374. The third kappa shape index (κ3) is 1.31. The van der Waals surface area contributed by atoms with Gasteiger partial charge in [0.1, 0.15) is 0 Å². The maximum absolute atomic E-state index is 11.7. The second-order valence-electron chi connectivity index (χ2n) is 3.34. The fourth-order valence-corrected chi connectivity index (χ4v) is 1.71. The van der Waals surface area contributed by atoms with Gasteiger partial charge in [-0.05, 0) is 18.1 Å². The summed E-state index contributed by atoms with van der Waals surface area (Å²) in [4.78, 5) is 11.7. The number of carbonyl (C=O) groups excluding carboxylic acids is 1. The first-order valence-corrected chi connectivity index (χ1v) is 4.67. The van der Waals surface area contributed by atoms with E-state index in [0.717, 1.165) is 29.5 Å². The topological polar surface area (TPSA) is 17.1 Å². The fourth-order valence-electron chi connectivity index (χ4n) is 1.71. The molecule has 0 aromatic heterocycles. The van der Waals surface area contributed by atoms with Crippen LogP contribution in [0.15, 0.2) is 29.8 Å². The molecule has 1 aromatic rings. The van der Waals surface area contributed by atoms with Gasteiger partial charge in [0.05, 0.1) is 0 Å². The molecule has 0 spiro atoms. The Kier molecular flexibility index (Phi) is 2.01. The van der Waals surface area contributed by atoms with Gasteiger partial charge in [-0.2, -0.15) is 0 Å². The minimum absolute atomic E-state index is 0.220. The van der Waals surface area contributed by atoms with E-state index >= 15 is 0 Å². The van der Waals surface area contributed by atoms with Gasteiger partial charge < -0.3 is 0 Å². The third-order valence-corrected chi connectivity index (χ3v) is 2.35. The van der Waals surface area contributed by atoms with Crippen molar-refractivity contribution in [2.75, 3.05) is 0 Å². The first kappa shape index (κ1) is 8.24. The van der Waals surface area contributed by atoms with Gasteiger partial charge in [0.25, 0.3) is 0 Å². The SMILES string of the molecule is CCCC1=Cc2ccccc2C1=O. The van der Waals surface area contributed by atoms with Crippen molar-refractivity contribution in [1.82, 2.24) is 0 Å². The van der Waals surface area contributed by atoms with Crippen LogP contribution in [-0.2, 0) is 0 Å². The average molecular weight is 172 g/mol. The number of Topliss-reactive ketones (excluding diaryl/α,β-unsaturated/α-hetero) is 1. The molecule has 66 valence electrons. The Morgan fingerprint density at radius 3 is 2.69 bits per heavy atom. The second kappa shape index (κ2) is 3.17. The smallest absolute Gasteiger partial charge is 0.189 e. The van der Waals surface area contributed by atoms with Gasteiger partial charge in [0, 0.05) is 11.1 Å². The van der Waals surface area contributed by atoms with Crippen molar-refractivity contribution in [1.29, 1.82) is 0 Å². The summed E-state index contributed by atoms with van der Waals surface area (Å²) in [5, 5.41) is 0. The molecule has 0 amide bonds. The lowest BCUT2D eigenvalue weighted by atomic mass is 10.1. The highest BCUT2D eigenvalue weighted by molar-refractivity contribution is 6.17. The van der Waals surface area contributed by atoms with E-state index in [9.17, 15) is 4.79 Å². The van der Waals surface area contributed by atoms with Gasteiger partial charge in [-0.1, -0.05) is 37.6 Å². The summed E-state index contributed by atoms with van der Waals surface area (Å²) < 4.78 is 0. The van der Waals surface area contributed by atoms with Gasteiger partial charge in [0.2, 0.25) is 0 Å². The molecule has 0 radical (unpaired) electrons. The standard InChI is InChI=1S/C12H12O/c1-2-5-10-8-9-6-3-4-7-11(9)12(10)13/h3-4,6-8H,2,5H2,1H3. The zero-order valence-corrected chi connectivity index (χ0v) is 7.71. The highest BCUT2D eigenvalue weighted by Gasteiger charge is 2.20. The van der Waals surface area contributed by atoms with E-state index in [4.69, 9.17) is 0 Å². The van der Waals surface area contributed by atoms with E-state index in [0.29, 0.717) is 0 Å². The summed E-state index contributed by atoms with van der Waals surface area (Å²) in [6.07, 6.45) is 3.94. The lowest BCUT2D eigenvalue weighted by molar-refractivity contribution is 0.103. The van der Waals surface area contributed by atoms with E-state index in [1.54, 1.807) is 0 Å². The van der Waals surface area contributed by atoms with Crippen molar-refractivity contribution < 1.29 is 4.79 Å². The molecule has 0 aliphatic heterocycles. The number of carbonyl (C=O) groups is 1. The summed E-state index contributed by atoms with van der Waals surface area (Å²) in [7, 11) is 0. The molecule has 0 saturated carbocycles. The molecule has 1 aromatic carbocycles. The molecule has 0 bridgehead atoms. The summed E-state index contributed by atoms with van der Waals surface area (Å²) >= 11 is 0. The van der Waals surface area contributed by atoms with Crippen LogP contribution in [-0.4, -0.2) is 5.78 Å². The van der Waals surface area contributed by atoms with Crippen molar-refractivity contribution in [3.05, 3.63) is 41.0 Å². The number of fused-ring (bicyclic) bond motifs is 1. The molecule has 0 heterocycles. The molecule has 1 aliphatic carbocycles. The predicted molar refractivity (Wildman–Crippen MR) is 53.7 cm³/mol. The first-order chi connectivity index (χ1) is 6.33. The molecular weight excluding hydrogens is 160 g/mol. The summed E-state index contributed by atoms with van der Waals surface area (Å²) in [6, 6.07) is 7.78. The maximum atomic E-state index is 11.7. The van der Waals surface area contributed by atoms with Gasteiger partial charge in [-0.3, -0.25) is 4.79 Å². The van der Waals surface area contributed by atoms with Gasteiger partial charge in [-0.25, -0.2) is 0 Å². The second-order valence-corrected chi connectivity index (χ2v) is 3.34. The van der Waals surface area contributed by atoms with E-state index in [1.165, 1.54) is 0 Å². The Morgan fingerprint density at radius 2 is 2.00 bits per heavy atom. The normalized spacial score (nSPS) is 14.2. The van der Waals surface area contributed by atoms with Crippen molar-refractivity contribution in [3.8, 4) is 0 Å². The molecule has 0 fully saturated rings. The zero-order valence-electron chi connectivity index (χ0n) is 7.71. The Labute approximate surface area is 78.1 Å². The van der Waals surface area contributed by atoms with Crippen molar-refractivity contribution in [3.63, 3.8) is 0 Å². The monoisotopic (exact) mass is 172 g/mol. The molecular formula is C12H12O. The van der Waals surface area contributed by atoms with Crippen LogP contribution in [0.4, 0.5) is 0 Å². The Morgan fingerprint density at radius 1 is 1.23 bits per heavy atom. The molecule has 0 atom stereocenters. The molecule has 0 unspecified atom stereocenters. The van der Waals surface area contributed by atoms with Crippen LogP contribution in [0.5, 0.6) is 0 Å². The first-order valence-electron chi connectivity index (χ1n) is 4.67. The van der Waals surface area contributed by atoms with Gasteiger partial charge in [0.15, 0.2) is 5.78 Å². The van der Waals surface area contributed by atoms with E-state index in [1.807, 2.05) is 30.3 Å². The summed E-state index contributed by atoms with van der Waals surface area (Å²) in [6.45, 7) is 2.09. The fraction of sp³-hybridized carbons (Fsp3) is 0.250. The van der Waals surface area contributed by atoms with Crippen molar-refractivity contribution in [2.45, 2.75) is 19.8 Å². The highest BCUT2D eigenvalue weighted by atomic mass is 16.1. The van der Waals surface area contributed by atoms with Crippen LogP contribution >= 0.6 is 0 Å². The molecule has 1 aliphatic rings. The number of allylic oxidation sites excluding steroid dienone is 1. The maximum Gasteiger partial charge on any atom is 0.189 e. The Hall–Kier alpha value is -1.37. The minimum Gasteiger partial charge on any atom is -0.289 e. The third-order valence-electron chi connectivity index (χ3n) is 2.35. The highest BCUT2D eigenvalue weighted by Crippen LogP contribution is 2.26. The van der Waals surface area contributed by atoms with Crippen LogP contribution < -0.4 is 0 Å². The minimum atomic E-state index is 0.220. The lowest BCUT2D eigenvalue weighted by Gasteiger charge is -1.96. The molecule has 13 heavy (non-hydrogen) atoms. The summed E-state index contributed by atoms with van der Waals surface area (Å²) in [5.74, 6) is 0.220. The van der Waals surface area contributed by atoms with Crippen LogP contribution in [0.3, 0.4) is 0 Å². The molecule has 1 nitrogen and oxygen atoms in total. The van der Waals surface area contributed by atoms with Crippen LogP contribution in [0, 0.1) is 0 Å². The largest absolute Gasteiger partial charge is 0.289 e. The summed E-state index contributed by atoms with van der Waals surface area (Å²) in [5.41, 5.74) is 2.91. The number of hydrogen-bond donors (Lipinski definition) is 0. The average Bonchev–Trinajstić information content (AvgIpc) is 2.46. The van der Waals surface area contributed by atoms with Crippen LogP contribution in [0.25, 0.3) is 6.08 Å². The van der Waals surface area contributed by atoms with Crippen molar-refractivity contribution in [2.24, 2.45) is 0 Å². The molecule has 0 N–H and O–H groups in total. The van der Waals surface area contributed by atoms with E-state index < -0.39 is 0 Å². The number of rotatable bonds is 2. The predicted octanol–water partition coefficient (Wildman–Crippen LogP) is 3.07. The van der Waals surface area contributed by atoms with E-state index in [2.05, 4.69) is 6.92 Å². The quantitative estimate of drug-likeness (QED) is 0.670. The number of benzene rings is 1. The van der Waals surface area contributed by atoms with Crippen LogP contribution in [0.1, 0.15) is 35.7 Å². The lowest BCUT2D eigenvalue weighted by Crippen LogP contribution is -1.97. The molecule has 0 saturated heterocycles. The molecule has 1 heteroatoms.